The molecule has 0 amide bonds. The molecule has 82 valence electrons. The van der Waals surface area contributed by atoms with E-state index in [4.69, 9.17) is 0 Å². The Balaban J connectivity index is 2.23. The topological polar surface area (TPSA) is 0 Å². The molecule has 0 unspecified atom stereocenters. The van der Waals surface area contributed by atoms with Gasteiger partial charge in [-0.1, -0.05) is 36.4 Å². The molecule has 0 heterocycles. The van der Waals surface area contributed by atoms with E-state index in [1.807, 2.05) is 30.4 Å². The second-order valence-corrected chi connectivity index (χ2v) is 3.48. The maximum atomic E-state index is 12.3. The molecule has 1 aliphatic rings. The smallest absolute Gasteiger partial charge is 0.166 e. The second-order valence-electron chi connectivity index (χ2n) is 3.48. The molecule has 0 saturated heterocycles. The van der Waals surface area contributed by atoms with Gasteiger partial charge in [0.15, 0.2) is 0 Å². The Morgan fingerprint density at radius 1 is 0.875 bits per heavy atom. The van der Waals surface area contributed by atoms with Gasteiger partial charge in [0, 0.05) is 0 Å². The number of alkyl halides is 3. The summed E-state index contributed by atoms with van der Waals surface area (Å²) in [7, 11) is 0. The van der Waals surface area contributed by atoms with Crippen LogP contribution in [-0.2, 0) is 6.18 Å². The zero-order valence-electron chi connectivity index (χ0n) is 8.33. The van der Waals surface area contributed by atoms with Crippen molar-refractivity contribution in [2.24, 2.45) is 0 Å². The molecule has 0 nitrogen and oxygen atoms in total. The lowest BCUT2D eigenvalue weighted by Gasteiger charge is -2.06. The first kappa shape index (κ1) is 10.7. The second kappa shape index (κ2) is 4.00. The molecule has 3 heteroatoms. The molecule has 1 aromatic carbocycles. The van der Waals surface area contributed by atoms with Crippen LogP contribution in [0.4, 0.5) is 13.2 Å². The van der Waals surface area contributed by atoms with Gasteiger partial charge in [-0.15, -0.1) is 0 Å². The van der Waals surface area contributed by atoms with Gasteiger partial charge in [0.25, 0.3) is 0 Å². The van der Waals surface area contributed by atoms with Crippen molar-refractivity contribution in [1.82, 2.24) is 0 Å². The highest BCUT2D eigenvalue weighted by atomic mass is 19.4. The zero-order valence-corrected chi connectivity index (χ0v) is 8.33. The molecule has 0 atom stereocenters. The zero-order chi connectivity index (χ0) is 11.6. The van der Waals surface area contributed by atoms with Gasteiger partial charge in [-0.25, -0.2) is 0 Å². The first-order valence-corrected chi connectivity index (χ1v) is 4.79. The van der Waals surface area contributed by atoms with Gasteiger partial charge in [0.2, 0.25) is 0 Å². The Bertz CT molecular complexity index is 445. The van der Waals surface area contributed by atoms with E-state index in [0.717, 1.165) is 23.3 Å². The molecule has 0 aromatic heterocycles. The summed E-state index contributed by atoms with van der Waals surface area (Å²) in [5.41, 5.74) is 1.13. The molecule has 1 aromatic rings. The number of allylic oxidation sites excluding steroid dienone is 5. The average molecular weight is 222 g/mol. The summed E-state index contributed by atoms with van der Waals surface area (Å²) in [6.45, 7) is 0. The molecule has 0 N–H and O–H groups in total. The lowest BCUT2D eigenvalue weighted by molar-refractivity contribution is -0.137. The molecule has 0 spiro atoms. The molecule has 1 aliphatic carbocycles. The third kappa shape index (κ3) is 2.42. The van der Waals surface area contributed by atoms with Crippen LogP contribution < -0.4 is 0 Å². The summed E-state index contributed by atoms with van der Waals surface area (Å²) in [5, 5.41) is 0. The van der Waals surface area contributed by atoms with Crippen LogP contribution in [-0.4, -0.2) is 0 Å². The van der Waals surface area contributed by atoms with Crippen molar-refractivity contribution in [1.29, 1.82) is 0 Å². The highest BCUT2D eigenvalue weighted by Gasteiger charge is 2.29. The van der Waals surface area contributed by atoms with E-state index in [0.29, 0.717) is 0 Å². The van der Waals surface area contributed by atoms with E-state index in [9.17, 15) is 13.2 Å². The Kier molecular flexibility index (Phi) is 2.69. The predicted octanol–water partition coefficient (Wildman–Crippen LogP) is 4.21. The minimum atomic E-state index is -4.27. The van der Waals surface area contributed by atoms with Crippen molar-refractivity contribution >= 4 is 6.08 Å². The Labute approximate surface area is 91.4 Å². The summed E-state index contributed by atoms with van der Waals surface area (Å²) in [6.07, 6.45) is 5.14. The third-order valence-corrected chi connectivity index (χ3v) is 2.26. The van der Waals surface area contributed by atoms with E-state index in [1.165, 1.54) is 12.1 Å². The number of hydrogen-bond donors (Lipinski definition) is 0. The Morgan fingerprint density at radius 2 is 1.44 bits per heavy atom. The normalized spacial score (nSPS) is 14.6. The monoisotopic (exact) mass is 222 g/mol. The average Bonchev–Trinajstić information content (AvgIpc) is 2.70. The van der Waals surface area contributed by atoms with Crippen LogP contribution in [0.5, 0.6) is 0 Å². The van der Waals surface area contributed by atoms with Gasteiger partial charge < -0.3 is 0 Å². The van der Waals surface area contributed by atoms with Crippen LogP contribution in [0.2, 0.25) is 0 Å². The largest absolute Gasteiger partial charge is 0.416 e. The summed E-state index contributed by atoms with van der Waals surface area (Å²) in [6, 6.07) is 5.12. The molecule has 0 bridgehead atoms. The van der Waals surface area contributed by atoms with E-state index in [2.05, 4.69) is 0 Å². The molecule has 0 fully saturated rings. The lowest BCUT2D eigenvalue weighted by atomic mass is 10.1. The molecule has 16 heavy (non-hydrogen) atoms. The van der Waals surface area contributed by atoms with Gasteiger partial charge in [-0.3, -0.25) is 0 Å². The molecular formula is C13H9F3. The molecule has 2 rings (SSSR count). The number of hydrogen-bond acceptors (Lipinski definition) is 0. The Morgan fingerprint density at radius 3 is 1.94 bits per heavy atom. The third-order valence-electron chi connectivity index (χ3n) is 2.26. The first-order valence-electron chi connectivity index (χ1n) is 4.79. The standard InChI is InChI=1S/C13H9F3/c14-13(15,16)12-7-5-11(6-8-12)9-10-3-1-2-4-10/h1-9H. The van der Waals surface area contributed by atoms with Crippen molar-refractivity contribution in [2.45, 2.75) is 6.18 Å². The van der Waals surface area contributed by atoms with E-state index >= 15 is 0 Å². The van der Waals surface area contributed by atoms with E-state index in [1.54, 1.807) is 0 Å². The van der Waals surface area contributed by atoms with Gasteiger partial charge >= 0.3 is 6.18 Å². The highest BCUT2D eigenvalue weighted by molar-refractivity contribution is 5.62. The quantitative estimate of drug-likeness (QED) is 0.667. The summed E-state index contributed by atoms with van der Waals surface area (Å²) < 4.78 is 36.9. The van der Waals surface area contributed by atoms with E-state index in [-0.39, 0.29) is 0 Å². The summed E-state index contributed by atoms with van der Waals surface area (Å²) in [5.74, 6) is 0. The summed E-state index contributed by atoms with van der Waals surface area (Å²) >= 11 is 0. The molecule has 0 saturated carbocycles. The van der Waals surface area contributed by atoms with Crippen LogP contribution in [0, 0.1) is 0 Å². The highest BCUT2D eigenvalue weighted by Crippen LogP contribution is 2.29. The lowest BCUT2D eigenvalue weighted by Crippen LogP contribution is -2.03. The van der Waals surface area contributed by atoms with Crippen LogP contribution in [0.25, 0.3) is 6.08 Å². The fourth-order valence-electron chi connectivity index (χ4n) is 1.45. The van der Waals surface area contributed by atoms with Gasteiger partial charge in [-0.05, 0) is 29.3 Å². The molecule has 0 aliphatic heterocycles. The minimum absolute atomic E-state index is 0.618. The van der Waals surface area contributed by atoms with Crippen molar-refractivity contribution in [3.63, 3.8) is 0 Å². The Hall–Kier alpha value is -1.77. The maximum Gasteiger partial charge on any atom is 0.416 e. The molecular weight excluding hydrogens is 213 g/mol. The maximum absolute atomic E-state index is 12.3. The van der Waals surface area contributed by atoms with Crippen molar-refractivity contribution < 1.29 is 13.2 Å². The van der Waals surface area contributed by atoms with Crippen molar-refractivity contribution in [3.05, 3.63) is 65.3 Å². The van der Waals surface area contributed by atoms with Crippen LogP contribution in [0.3, 0.4) is 0 Å². The van der Waals surface area contributed by atoms with E-state index < -0.39 is 11.7 Å². The molecule has 0 radical (unpaired) electrons. The van der Waals surface area contributed by atoms with Gasteiger partial charge in [-0.2, -0.15) is 13.2 Å². The van der Waals surface area contributed by atoms with Gasteiger partial charge in [0.05, 0.1) is 5.56 Å². The minimum Gasteiger partial charge on any atom is -0.166 e. The first-order chi connectivity index (χ1) is 7.55. The SMILES string of the molecule is FC(F)(F)c1ccc(C=C2C=CC=C2)cc1. The predicted molar refractivity (Wildman–Crippen MR) is 57.7 cm³/mol. The number of halogens is 3. The number of rotatable bonds is 1. The van der Waals surface area contributed by atoms with Crippen LogP contribution >= 0.6 is 0 Å². The van der Waals surface area contributed by atoms with Crippen LogP contribution in [0.1, 0.15) is 11.1 Å². The van der Waals surface area contributed by atoms with Crippen molar-refractivity contribution in [3.8, 4) is 0 Å². The van der Waals surface area contributed by atoms with Crippen LogP contribution in [0.15, 0.2) is 54.1 Å². The fourth-order valence-corrected chi connectivity index (χ4v) is 1.45. The summed E-state index contributed by atoms with van der Waals surface area (Å²) in [4.78, 5) is 0. The fraction of sp³-hybridized carbons (Fsp3) is 0.0769. The number of benzene rings is 1. The van der Waals surface area contributed by atoms with Gasteiger partial charge in [0.1, 0.15) is 0 Å². The van der Waals surface area contributed by atoms with Crippen molar-refractivity contribution in [2.75, 3.05) is 0 Å².